The Morgan fingerprint density at radius 3 is 2.05 bits per heavy atom. The predicted molar refractivity (Wildman–Crippen MR) is 78.8 cm³/mol. The van der Waals surface area contributed by atoms with Crippen molar-refractivity contribution < 1.29 is 27.2 Å². The molecule has 0 spiro atoms. The van der Waals surface area contributed by atoms with Gasteiger partial charge in [0.05, 0.1) is 38.8 Å². The third-order valence-electron chi connectivity index (χ3n) is 2.55. The molecule has 0 atom stereocenters. The highest BCUT2D eigenvalue weighted by Crippen LogP contribution is 1.99. The maximum Gasteiger partial charge on any atom is 0.264 e. The Hall–Kier alpha value is -0.990. The van der Waals surface area contributed by atoms with Gasteiger partial charge in [0.25, 0.3) is 10.1 Å². The molecule has 120 valence electrons. The van der Waals surface area contributed by atoms with Crippen LogP contribution in [0.4, 0.5) is 0 Å². The maximum absolute atomic E-state index is 10.4. The molecule has 1 aromatic rings. The molecule has 7 heteroatoms. The molecule has 0 amide bonds. The first-order valence-corrected chi connectivity index (χ1v) is 8.41. The molecule has 1 N–H and O–H groups in total. The Bertz CT molecular complexity index is 460. The third-order valence-corrected chi connectivity index (χ3v) is 3.35. The summed E-state index contributed by atoms with van der Waals surface area (Å²) in [5.41, 5.74) is 1.12. The molecular formula is C14H22O6S. The fourth-order valence-electron chi connectivity index (χ4n) is 1.55. The molecule has 1 rings (SSSR count). The molecule has 0 bridgehead atoms. The first kappa shape index (κ1) is 18.1. The van der Waals surface area contributed by atoms with Crippen molar-refractivity contribution in [1.29, 1.82) is 0 Å². The van der Waals surface area contributed by atoms with Crippen LogP contribution in [0.15, 0.2) is 30.3 Å². The molecule has 0 fully saturated rings. The van der Waals surface area contributed by atoms with Crippen LogP contribution in [0, 0.1) is 0 Å². The molecule has 0 unspecified atom stereocenters. The van der Waals surface area contributed by atoms with Crippen molar-refractivity contribution in [1.82, 2.24) is 0 Å². The number of hydrogen-bond donors (Lipinski definition) is 1. The highest BCUT2D eigenvalue weighted by molar-refractivity contribution is 7.85. The van der Waals surface area contributed by atoms with E-state index in [1.165, 1.54) is 0 Å². The van der Waals surface area contributed by atoms with Crippen molar-refractivity contribution in [3.8, 4) is 0 Å². The summed E-state index contributed by atoms with van der Waals surface area (Å²) in [6, 6.07) is 9.90. The molecule has 0 saturated heterocycles. The summed E-state index contributed by atoms with van der Waals surface area (Å²) in [5, 5.41) is 0. The van der Waals surface area contributed by atoms with E-state index in [1.807, 2.05) is 30.3 Å². The van der Waals surface area contributed by atoms with E-state index in [-0.39, 0.29) is 18.8 Å². The Morgan fingerprint density at radius 1 is 0.857 bits per heavy atom. The van der Waals surface area contributed by atoms with Crippen LogP contribution in [0.5, 0.6) is 0 Å². The topological polar surface area (TPSA) is 82.1 Å². The van der Waals surface area contributed by atoms with Gasteiger partial charge in [-0.2, -0.15) is 8.42 Å². The number of hydrogen-bond acceptors (Lipinski definition) is 5. The molecule has 0 aliphatic heterocycles. The summed E-state index contributed by atoms with van der Waals surface area (Å²) in [5.74, 6) is -0.277. The Kier molecular flexibility index (Phi) is 9.20. The molecule has 0 heterocycles. The van der Waals surface area contributed by atoms with E-state index in [1.54, 1.807) is 0 Å². The first-order valence-electron chi connectivity index (χ1n) is 6.80. The molecule has 21 heavy (non-hydrogen) atoms. The fraction of sp³-hybridized carbons (Fsp3) is 0.571. The van der Waals surface area contributed by atoms with Crippen LogP contribution < -0.4 is 0 Å². The Balaban J connectivity index is 1.83. The molecule has 0 aliphatic rings. The molecule has 6 nitrogen and oxygen atoms in total. The van der Waals surface area contributed by atoms with Crippen LogP contribution in [0.1, 0.15) is 12.0 Å². The monoisotopic (exact) mass is 318 g/mol. The number of rotatable bonds is 12. The summed E-state index contributed by atoms with van der Waals surface area (Å²) in [4.78, 5) is 0. The van der Waals surface area contributed by atoms with Gasteiger partial charge in [0.15, 0.2) is 0 Å². The Labute approximate surface area is 125 Å². The van der Waals surface area contributed by atoms with Crippen molar-refractivity contribution in [2.24, 2.45) is 0 Å². The van der Waals surface area contributed by atoms with Crippen LogP contribution in [0.3, 0.4) is 0 Å². The van der Waals surface area contributed by atoms with E-state index in [2.05, 4.69) is 0 Å². The summed E-state index contributed by atoms with van der Waals surface area (Å²) in [6.45, 7) is 2.67. The summed E-state index contributed by atoms with van der Waals surface area (Å²) >= 11 is 0. The molecule has 0 radical (unpaired) electrons. The second-order valence-electron chi connectivity index (χ2n) is 4.40. The average Bonchev–Trinajstić information content (AvgIpc) is 2.44. The summed E-state index contributed by atoms with van der Waals surface area (Å²) < 4.78 is 45.3. The molecular weight excluding hydrogens is 296 g/mol. The van der Waals surface area contributed by atoms with Crippen LogP contribution >= 0.6 is 0 Å². The second-order valence-corrected chi connectivity index (χ2v) is 5.97. The molecule has 0 aliphatic carbocycles. The Morgan fingerprint density at radius 2 is 1.43 bits per heavy atom. The van der Waals surface area contributed by atoms with Crippen molar-refractivity contribution >= 4 is 10.1 Å². The SMILES string of the molecule is O=S(=O)(O)CCCOCCOCCOCc1ccccc1. The van der Waals surface area contributed by atoms with Gasteiger partial charge in [-0.15, -0.1) is 0 Å². The van der Waals surface area contributed by atoms with Gasteiger partial charge in [0.2, 0.25) is 0 Å². The zero-order valence-corrected chi connectivity index (χ0v) is 12.8. The van der Waals surface area contributed by atoms with Gasteiger partial charge in [-0.1, -0.05) is 30.3 Å². The lowest BCUT2D eigenvalue weighted by Crippen LogP contribution is -2.11. The van der Waals surface area contributed by atoms with E-state index in [0.717, 1.165) is 5.56 Å². The first-order chi connectivity index (χ1) is 10.1. The average molecular weight is 318 g/mol. The fourth-order valence-corrected chi connectivity index (χ4v) is 2.03. The molecule has 0 aromatic heterocycles. The maximum atomic E-state index is 10.4. The zero-order chi connectivity index (χ0) is 15.4. The highest BCUT2D eigenvalue weighted by atomic mass is 32.2. The van der Waals surface area contributed by atoms with Crippen molar-refractivity contribution in [3.63, 3.8) is 0 Å². The van der Waals surface area contributed by atoms with E-state index >= 15 is 0 Å². The highest BCUT2D eigenvalue weighted by Gasteiger charge is 2.02. The minimum Gasteiger partial charge on any atom is -0.379 e. The van der Waals surface area contributed by atoms with E-state index in [0.29, 0.717) is 33.0 Å². The van der Waals surface area contributed by atoms with Gasteiger partial charge in [-0.3, -0.25) is 4.55 Å². The van der Waals surface area contributed by atoms with Gasteiger partial charge in [0.1, 0.15) is 0 Å². The lowest BCUT2D eigenvalue weighted by atomic mass is 10.2. The lowest BCUT2D eigenvalue weighted by Gasteiger charge is -2.06. The minimum absolute atomic E-state index is 0.277. The lowest BCUT2D eigenvalue weighted by molar-refractivity contribution is 0.0108. The minimum atomic E-state index is -3.88. The molecule has 1 aromatic carbocycles. The normalized spacial score (nSPS) is 11.7. The summed E-state index contributed by atoms with van der Waals surface area (Å²) in [7, 11) is -3.88. The predicted octanol–water partition coefficient (Wildman–Crippen LogP) is 1.51. The van der Waals surface area contributed by atoms with E-state index in [9.17, 15) is 8.42 Å². The van der Waals surface area contributed by atoms with Gasteiger partial charge >= 0.3 is 0 Å². The largest absolute Gasteiger partial charge is 0.379 e. The van der Waals surface area contributed by atoms with Gasteiger partial charge in [0, 0.05) is 6.61 Å². The number of benzene rings is 1. The van der Waals surface area contributed by atoms with Crippen LogP contribution in [0.2, 0.25) is 0 Å². The number of ether oxygens (including phenoxy) is 3. The van der Waals surface area contributed by atoms with Crippen LogP contribution in [0.25, 0.3) is 0 Å². The molecule has 0 saturated carbocycles. The van der Waals surface area contributed by atoms with Gasteiger partial charge in [-0.25, -0.2) is 0 Å². The van der Waals surface area contributed by atoms with Crippen LogP contribution in [-0.2, 0) is 30.9 Å². The van der Waals surface area contributed by atoms with E-state index < -0.39 is 10.1 Å². The zero-order valence-electron chi connectivity index (χ0n) is 11.9. The van der Waals surface area contributed by atoms with Crippen LogP contribution in [-0.4, -0.2) is 51.8 Å². The van der Waals surface area contributed by atoms with Crippen molar-refractivity contribution in [2.75, 3.05) is 38.8 Å². The van der Waals surface area contributed by atoms with Crippen molar-refractivity contribution in [3.05, 3.63) is 35.9 Å². The smallest absolute Gasteiger partial charge is 0.264 e. The van der Waals surface area contributed by atoms with Gasteiger partial charge in [-0.05, 0) is 12.0 Å². The van der Waals surface area contributed by atoms with Gasteiger partial charge < -0.3 is 14.2 Å². The van der Waals surface area contributed by atoms with Crippen molar-refractivity contribution in [2.45, 2.75) is 13.0 Å². The second kappa shape index (κ2) is 10.7. The quantitative estimate of drug-likeness (QED) is 0.465. The third kappa shape index (κ3) is 11.4. The van der Waals surface area contributed by atoms with E-state index in [4.69, 9.17) is 18.8 Å². The summed E-state index contributed by atoms with van der Waals surface area (Å²) in [6.07, 6.45) is 0.277. The standard InChI is InChI=1S/C14H22O6S/c15-21(16,17)12-4-7-18-8-9-19-10-11-20-13-14-5-2-1-3-6-14/h1-3,5-6H,4,7-13H2,(H,15,16,17).